The van der Waals surface area contributed by atoms with Gasteiger partial charge in [0.2, 0.25) is 5.91 Å². The van der Waals surface area contributed by atoms with Crippen LogP contribution in [0.1, 0.15) is 39.5 Å². The van der Waals surface area contributed by atoms with Gasteiger partial charge in [0.25, 0.3) is 0 Å². The van der Waals surface area contributed by atoms with Crippen LogP contribution in [0, 0.1) is 5.92 Å². The van der Waals surface area contributed by atoms with Crippen molar-refractivity contribution in [3.63, 3.8) is 0 Å². The normalized spacial score (nSPS) is 21.6. The molecule has 0 bridgehead atoms. The van der Waals surface area contributed by atoms with Gasteiger partial charge in [0.15, 0.2) is 0 Å². The first-order valence-corrected chi connectivity index (χ1v) is 6.64. The molecule has 0 aromatic carbocycles. The lowest BCUT2D eigenvalue weighted by atomic mass is 9.90. The van der Waals surface area contributed by atoms with Gasteiger partial charge in [-0.25, -0.2) is 0 Å². The molecule has 100 valence electrons. The third-order valence-corrected chi connectivity index (χ3v) is 3.90. The molecule has 0 radical (unpaired) electrons. The summed E-state index contributed by atoms with van der Waals surface area (Å²) in [6.07, 6.45) is 3.61. The third kappa shape index (κ3) is 3.42. The van der Waals surface area contributed by atoms with Crippen LogP contribution in [0.3, 0.4) is 0 Å². The highest BCUT2D eigenvalue weighted by atomic mass is 16.5. The first-order chi connectivity index (χ1) is 8.07. The van der Waals surface area contributed by atoms with E-state index in [1.54, 1.807) is 7.11 Å². The molecular formula is C13H26N2O2. The van der Waals surface area contributed by atoms with Crippen molar-refractivity contribution < 1.29 is 9.53 Å². The minimum absolute atomic E-state index is 0.114. The average molecular weight is 242 g/mol. The topological polar surface area (TPSA) is 55.6 Å². The molecule has 1 rings (SSSR count). The van der Waals surface area contributed by atoms with Gasteiger partial charge in [-0.3, -0.25) is 4.79 Å². The Hall–Kier alpha value is -0.610. The van der Waals surface area contributed by atoms with E-state index in [9.17, 15) is 4.79 Å². The number of likely N-dealkylation sites (tertiary alicyclic amines) is 1. The Kier molecular flexibility index (Phi) is 5.40. The molecule has 1 unspecified atom stereocenters. The summed E-state index contributed by atoms with van der Waals surface area (Å²) >= 11 is 0. The molecular weight excluding hydrogens is 216 g/mol. The standard InChI is InChI=1S/C13H26N2O2/c1-4-13(14,5-2)12(16)15-8-6-7-11(9-15)10-17-3/h11H,4-10,14H2,1-3H3. The number of rotatable bonds is 5. The maximum atomic E-state index is 12.4. The predicted octanol–water partition coefficient (Wildman–Crippen LogP) is 1.39. The molecule has 4 heteroatoms. The van der Waals surface area contributed by atoms with Gasteiger partial charge in [0.05, 0.1) is 12.1 Å². The minimum Gasteiger partial charge on any atom is -0.384 e. The number of piperidine rings is 1. The Morgan fingerprint density at radius 3 is 2.65 bits per heavy atom. The molecule has 1 fully saturated rings. The fourth-order valence-corrected chi connectivity index (χ4v) is 2.49. The van der Waals surface area contributed by atoms with E-state index in [4.69, 9.17) is 10.5 Å². The zero-order valence-corrected chi connectivity index (χ0v) is 11.4. The number of carbonyl (C=O) groups is 1. The Morgan fingerprint density at radius 2 is 2.12 bits per heavy atom. The molecule has 1 amide bonds. The zero-order chi connectivity index (χ0) is 12.9. The van der Waals surface area contributed by atoms with Gasteiger partial charge in [0, 0.05) is 20.2 Å². The Balaban J connectivity index is 2.62. The molecule has 1 aliphatic heterocycles. The average Bonchev–Trinajstić information content (AvgIpc) is 2.37. The lowest BCUT2D eigenvalue weighted by molar-refractivity contribution is -0.139. The molecule has 1 atom stereocenters. The fraction of sp³-hybridized carbons (Fsp3) is 0.923. The summed E-state index contributed by atoms with van der Waals surface area (Å²) in [5.74, 6) is 0.582. The lowest BCUT2D eigenvalue weighted by Crippen LogP contribution is -2.56. The lowest BCUT2D eigenvalue weighted by Gasteiger charge is -2.38. The second-order valence-corrected chi connectivity index (χ2v) is 5.08. The van der Waals surface area contributed by atoms with Crippen molar-refractivity contribution in [2.75, 3.05) is 26.8 Å². The van der Waals surface area contributed by atoms with Gasteiger partial charge >= 0.3 is 0 Å². The number of carbonyl (C=O) groups excluding carboxylic acids is 1. The van der Waals surface area contributed by atoms with Crippen LogP contribution in [0.4, 0.5) is 0 Å². The molecule has 0 aromatic heterocycles. The summed E-state index contributed by atoms with van der Waals surface area (Å²) in [7, 11) is 1.71. The molecule has 0 spiro atoms. The number of nitrogens with zero attached hydrogens (tertiary/aromatic N) is 1. The molecule has 0 aromatic rings. The number of ether oxygens (including phenoxy) is 1. The Bertz CT molecular complexity index is 250. The highest BCUT2D eigenvalue weighted by molar-refractivity contribution is 5.86. The zero-order valence-electron chi connectivity index (χ0n) is 11.4. The van der Waals surface area contributed by atoms with E-state index in [0.717, 1.165) is 32.5 Å². The predicted molar refractivity (Wildman–Crippen MR) is 68.7 cm³/mol. The monoisotopic (exact) mass is 242 g/mol. The maximum Gasteiger partial charge on any atom is 0.242 e. The number of hydrogen-bond acceptors (Lipinski definition) is 3. The largest absolute Gasteiger partial charge is 0.384 e. The smallest absolute Gasteiger partial charge is 0.242 e. The van der Waals surface area contributed by atoms with E-state index in [0.29, 0.717) is 18.8 Å². The third-order valence-electron chi connectivity index (χ3n) is 3.90. The van der Waals surface area contributed by atoms with Crippen LogP contribution in [0.2, 0.25) is 0 Å². The van der Waals surface area contributed by atoms with Gasteiger partial charge in [-0.1, -0.05) is 13.8 Å². The molecule has 1 heterocycles. The number of hydrogen-bond donors (Lipinski definition) is 1. The van der Waals surface area contributed by atoms with Crippen molar-refractivity contribution >= 4 is 5.91 Å². The van der Waals surface area contributed by atoms with Crippen LogP contribution >= 0.6 is 0 Å². The fourth-order valence-electron chi connectivity index (χ4n) is 2.49. The summed E-state index contributed by atoms with van der Waals surface area (Å²) in [6.45, 7) is 6.35. The van der Waals surface area contributed by atoms with Crippen LogP contribution in [-0.4, -0.2) is 43.2 Å². The van der Waals surface area contributed by atoms with Gasteiger partial charge in [-0.05, 0) is 31.6 Å². The van der Waals surface area contributed by atoms with Gasteiger partial charge in [-0.15, -0.1) is 0 Å². The van der Waals surface area contributed by atoms with Crippen molar-refractivity contribution in [1.82, 2.24) is 4.90 Å². The van der Waals surface area contributed by atoms with Crippen molar-refractivity contribution in [1.29, 1.82) is 0 Å². The second kappa shape index (κ2) is 6.36. The maximum absolute atomic E-state index is 12.4. The molecule has 2 N–H and O–H groups in total. The van der Waals surface area contributed by atoms with Crippen molar-refractivity contribution in [3.05, 3.63) is 0 Å². The van der Waals surface area contributed by atoms with Crippen LogP contribution in [-0.2, 0) is 9.53 Å². The SMILES string of the molecule is CCC(N)(CC)C(=O)N1CCCC(COC)C1. The summed E-state index contributed by atoms with van der Waals surface area (Å²) in [5, 5.41) is 0. The highest BCUT2D eigenvalue weighted by Gasteiger charge is 2.35. The van der Waals surface area contributed by atoms with E-state index in [1.165, 1.54) is 0 Å². The number of amides is 1. The second-order valence-electron chi connectivity index (χ2n) is 5.08. The summed E-state index contributed by atoms with van der Waals surface area (Å²) in [4.78, 5) is 14.3. The van der Waals surface area contributed by atoms with Gasteiger partial charge in [-0.2, -0.15) is 0 Å². The van der Waals surface area contributed by atoms with Gasteiger partial charge < -0.3 is 15.4 Å². The number of nitrogens with two attached hydrogens (primary N) is 1. The minimum atomic E-state index is -0.672. The molecule has 1 aliphatic rings. The van der Waals surface area contributed by atoms with Crippen molar-refractivity contribution in [2.45, 2.75) is 45.1 Å². The van der Waals surface area contributed by atoms with Crippen LogP contribution in [0.15, 0.2) is 0 Å². The summed E-state index contributed by atoms with van der Waals surface area (Å²) < 4.78 is 5.18. The van der Waals surface area contributed by atoms with E-state index in [-0.39, 0.29) is 5.91 Å². The quantitative estimate of drug-likeness (QED) is 0.792. The Morgan fingerprint density at radius 1 is 1.47 bits per heavy atom. The number of methoxy groups -OCH3 is 1. The highest BCUT2D eigenvalue weighted by Crippen LogP contribution is 2.22. The van der Waals surface area contributed by atoms with E-state index in [1.807, 2.05) is 18.7 Å². The molecule has 4 nitrogen and oxygen atoms in total. The van der Waals surface area contributed by atoms with Gasteiger partial charge in [0.1, 0.15) is 0 Å². The van der Waals surface area contributed by atoms with Crippen LogP contribution in [0.5, 0.6) is 0 Å². The molecule has 17 heavy (non-hydrogen) atoms. The van der Waals surface area contributed by atoms with Crippen LogP contribution < -0.4 is 5.73 Å². The van der Waals surface area contributed by atoms with Crippen molar-refractivity contribution in [3.8, 4) is 0 Å². The molecule has 1 saturated heterocycles. The Labute approximate surface area is 104 Å². The molecule has 0 aliphatic carbocycles. The van der Waals surface area contributed by atoms with Crippen molar-refractivity contribution in [2.24, 2.45) is 11.7 Å². The van der Waals surface area contributed by atoms with E-state index >= 15 is 0 Å². The first-order valence-electron chi connectivity index (χ1n) is 6.64. The van der Waals surface area contributed by atoms with E-state index in [2.05, 4.69) is 0 Å². The summed E-state index contributed by atoms with van der Waals surface area (Å²) in [5.41, 5.74) is 5.50. The summed E-state index contributed by atoms with van der Waals surface area (Å²) in [6, 6.07) is 0. The van der Waals surface area contributed by atoms with Crippen LogP contribution in [0.25, 0.3) is 0 Å². The van der Waals surface area contributed by atoms with E-state index < -0.39 is 5.54 Å². The molecule has 0 saturated carbocycles. The first kappa shape index (κ1) is 14.5.